The molecule has 11 heteroatoms. The fraction of sp³-hybridized carbons (Fsp3) is 0.238. The summed E-state index contributed by atoms with van der Waals surface area (Å²) in [6.07, 6.45) is 2.84. The molecule has 1 heterocycles. The van der Waals surface area contributed by atoms with Crippen molar-refractivity contribution in [1.29, 1.82) is 0 Å². The van der Waals surface area contributed by atoms with Crippen LogP contribution in [0.2, 0.25) is 0 Å². The summed E-state index contributed by atoms with van der Waals surface area (Å²) in [4.78, 5) is 12.4. The zero-order valence-corrected chi connectivity index (χ0v) is 17.6. The van der Waals surface area contributed by atoms with Gasteiger partial charge in [0.15, 0.2) is 17.3 Å². The molecule has 0 aliphatic heterocycles. The lowest BCUT2D eigenvalue weighted by Crippen LogP contribution is -2.09. The molecule has 1 amide bonds. The molecule has 9 nitrogen and oxygen atoms in total. The molecule has 1 N–H and O–H groups in total. The van der Waals surface area contributed by atoms with Crippen molar-refractivity contribution in [2.45, 2.75) is 20.5 Å². The molecule has 168 valence electrons. The Morgan fingerprint density at radius 3 is 2.62 bits per heavy atom. The van der Waals surface area contributed by atoms with E-state index in [-0.39, 0.29) is 18.1 Å². The number of aromatic nitrogens is 4. The molecule has 0 saturated carbocycles. The van der Waals surface area contributed by atoms with E-state index in [0.29, 0.717) is 28.5 Å². The highest BCUT2D eigenvalue weighted by molar-refractivity contribution is 6.02. The first-order valence-electron chi connectivity index (χ1n) is 9.55. The minimum Gasteiger partial charge on any atom is -0.494 e. The summed E-state index contributed by atoms with van der Waals surface area (Å²) in [5.74, 6) is 0.763. The van der Waals surface area contributed by atoms with Crippen LogP contribution in [0.1, 0.15) is 18.3 Å². The number of carbonyl (C=O) groups excluding carboxylic acids is 1. The maximum atomic E-state index is 12.5. The SMILES string of the molecule is CCOc1cc(/C=C/C(=O)Nc2ccc(OC)c(-n3nnnc3C)c2)ccc1OC(F)F. The summed E-state index contributed by atoms with van der Waals surface area (Å²) < 4.78 is 41.7. The maximum absolute atomic E-state index is 12.5. The predicted molar refractivity (Wildman–Crippen MR) is 112 cm³/mol. The Kier molecular flexibility index (Phi) is 7.32. The second kappa shape index (κ2) is 10.3. The summed E-state index contributed by atoms with van der Waals surface area (Å²) in [6.45, 7) is 0.769. The van der Waals surface area contributed by atoms with E-state index in [4.69, 9.17) is 9.47 Å². The molecular weight excluding hydrogens is 424 g/mol. The number of amides is 1. The zero-order valence-electron chi connectivity index (χ0n) is 17.6. The van der Waals surface area contributed by atoms with Gasteiger partial charge in [-0.1, -0.05) is 6.07 Å². The van der Waals surface area contributed by atoms with Crippen molar-refractivity contribution in [3.8, 4) is 22.9 Å². The van der Waals surface area contributed by atoms with E-state index in [9.17, 15) is 13.6 Å². The second-order valence-electron chi connectivity index (χ2n) is 6.36. The summed E-state index contributed by atoms with van der Waals surface area (Å²) in [7, 11) is 1.52. The van der Waals surface area contributed by atoms with Crippen LogP contribution in [0, 0.1) is 6.92 Å². The molecule has 3 rings (SSSR count). The van der Waals surface area contributed by atoms with E-state index in [1.54, 1.807) is 32.0 Å². The van der Waals surface area contributed by atoms with Crippen LogP contribution in [0.4, 0.5) is 14.5 Å². The largest absolute Gasteiger partial charge is 0.494 e. The fourth-order valence-corrected chi connectivity index (χ4v) is 2.83. The number of methoxy groups -OCH3 is 1. The zero-order chi connectivity index (χ0) is 23.1. The third-order valence-electron chi connectivity index (χ3n) is 4.21. The molecule has 0 unspecified atom stereocenters. The van der Waals surface area contributed by atoms with Gasteiger partial charge in [0.25, 0.3) is 0 Å². The smallest absolute Gasteiger partial charge is 0.387 e. The second-order valence-corrected chi connectivity index (χ2v) is 6.36. The van der Waals surface area contributed by atoms with Gasteiger partial charge in [-0.15, -0.1) is 5.10 Å². The first-order valence-corrected chi connectivity index (χ1v) is 9.55. The number of tetrazole rings is 1. The third-order valence-corrected chi connectivity index (χ3v) is 4.21. The van der Waals surface area contributed by atoms with Crippen LogP contribution in [-0.4, -0.2) is 46.4 Å². The molecule has 0 aliphatic rings. The monoisotopic (exact) mass is 445 g/mol. The lowest BCUT2D eigenvalue weighted by molar-refractivity contribution is -0.111. The summed E-state index contributed by atoms with van der Waals surface area (Å²) in [5.41, 5.74) is 1.64. The van der Waals surface area contributed by atoms with Gasteiger partial charge in [-0.3, -0.25) is 4.79 Å². The number of benzene rings is 2. The van der Waals surface area contributed by atoms with Crippen molar-refractivity contribution in [3.05, 3.63) is 53.9 Å². The number of ether oxygens (including phenoxy) is 3. The van der Waals surface area contributed by atoms with Crippen molar-refractivity contribution in [2.75, 3.05) is 19.0 Å². The molecule has 0 atom stereocenters. The van der Waals surface area contributed by atoms with Crippen LogP contribution < -0.4 is 19.5 Å². The normalized spacial score (nSPS) is 11.1. The van der Waals surface area contributed by atoms with Gasteiger partial charge >= 0.3 is 6.61 Å². The first-order chi connectivity index (χ1) is 15.4. The minimum absolute atomic E-state index is 0.0768. The van der Waals surface area contributed by atoms with E-state index >= 15 is 0 Å². The standard InChI is InChI=1S/C21H21F2N5O4/c1-4-31-19-11-14(5-8-18(19)32-21(22)23)6-10-20(29)24-15-7-9-17(30-3)16(12-15)28-13(2)25-26-27-28/h5-12,21H,4H2,1-3H3,(H,24,29)/b10-6+. The number of carbonyl (C=O) groups is 1. The Morgan fingerprint density at radius 1 is 1.19 bits per heavy atom. The van der Waals surface area contributed by atoms with Gasteiger partial charge in [-0.2, -0.15) is 13.5 Å². The van der Waals surface area contributed by atoms with Crippen molar-refractivity contribution >= 4 is 17.7 Å². The Morgan fingerprint density at radius 2 is 1.97 bits per heavy atom. The number of nitrogens with zero attached hydrogens (tertiary/aromatic N) is 4. The topological polar surface area (TPSA) is 100 Å². The van der Waals surface area contributed by atoms with Gasteiger partial charge in [0.1, 0.15) is 11.4 Å². The highest BCUT2D eigenvalue weighted by atomic mass is 19.3. The van der Waals surface area contributed by atoms with Crippen LogP contribution in [0.25, 0.3) is 11.8 Å². The number of anilines is 1. The molecule has 3 aromatic rings. The Labute approximate surface area is 182 Å². The van der Waals surface area contributed by atoms with Gasteiger partial charge < -0.3 is 19.5 Å². The number of rotatable bonds is 9. The average Bonchev–Trinajstić information content (AvgIpc) is 3.19. The Hall–Kier alpha value is -4.02. The number of alkyl halides is 2. The quantitative estimate of drug-likeness (QED) is 0.502. The van der Waals surface area contributed by atoms with Crippen molar-refractivity contribution in [1.82, 2.24) is 20.2 Å². The van der Waals surface area contributed by atoms with E-state index in [1.165, 1.54) is 42.1 Å². The van der Waals surface area contributed by atoms with Gasteiger partial charge in [0.2, 0.25) is 5.91 Å². The number of nitrogens with one attached hydrogen (secondary N) is 1. The van der Waals surface area contributed by atoms with Gasteiger partial charge in [0.05, 0.1) is 13.7 Å². The molecule has 0 spiro atoms. The molecule has 32 heavy (non-hydrogen) atoms. The molecule has 2 aromatic carbocycles. The Bertz CT molecular complexity index is 1120. The van der Waals surface area contributed by atoms with Gasteiger partial charge in [-0.05, 0) is 66.2 Å². The van der Waals surface area contributed by atoms with Crippen LogP contribution in [0.5, 0.6) is 17.2 Å². The van der Waals surface area contributed by atoms with Crippen LogP contribution in [-0.2, 0) is 4.79 Å². The number of hydrogen-bond acceptors (Lipinski definition) is 7. The molecule has 0 aliphatic carbocycles. The minimum atomic E-state index is -2.96. The number of aryl methyl sites for hydroxylation is 1. The lowest BCUT2D eigenvalue weighted by atomic mass is 10.2. The fourth-order valence-electron chi connectivity index (χ4n) is 2.83. The summed E-state index contributed by atoms with van der Waals surface area (Å²) in [6, 6.07) is 9.45. The van der Waals surface area contributed by atoms with Crippen LogP contribution in [0.3, 0.4) is 0 Å². The summed E-state index contributed by atoms with van der Waals surface area (Å²) >= 11 is 0. The highest BCUT2D eigenvalue weighted by Crippen LogP contribution is 2.30. The molecule has 0 fully saturated rings. The summed E-state index contributed by atoms with van der Waals surface area (Å²) in [5, 5.41) is 14.1. The first kappa shape index (κ1) is 22.7. The third kappa shape index (κ3) is 5.56. The van der Waals surface area contributed by atoms with Crippen molar-refractivity contribution in [3.63, 3.8) is 0 Å². The van der Waals surface area contributed by atoms with E-state index in [2.05, 4.69) is 25.6 Å². The molecule has 0 saturated heterocycles. The molecule has 0 radical (unpaired) electrons. The van der Waals surface area contributed by atoms with Crippen molar-refractivity contribution in [2.24, 2.45) is 0 Å². The Balaban J connectivity index is 1.76. The van der Waals surface area contributed by atoms with Gasteiger partial charge in [-0.25, -0.2) is 0 Å². The van der Waals surface area contributed by atoms with Crippen molar-refractivity contribution < 1.29 is 27.8 Å². The maximum Gasteiger partial charge on any atom is 0.387 e. The number of halogens is 2. The van der Waals surface area contributed by atoms with E-state index in [1.807, 2.05) is 0 Å². The average molecular weight is 445 g/mol. The van der Waals surface area contributed by atoms with Crippen LogP contribution in [0.15, 0.2) is 42.5 Å². The van der Waals surface area contributed by atoms with Crippen LogP contribution >= 0.6 is 0 Å². The number of hydrogen-bond donors (Lipinski definition) is 1. The molecule has 1 aromatic heterocycles. The van der Waals surface area contributed by atoms with E-state index < -0.39 is 12.5 Å². The predicted octanol–water partition coefficient (Wildman–Crippen LogP) is 3.63. The van der Waals surface area contributed by atoms with E-state index in [0.717, 1.165) is 0 Å². The molecule has 0 bridgehead atoms. The molecular formula is C21H21F2N5O4. The lowest BCUT2D eigenvalue weighted by Gasteiger charge is -2.12. The van der Waals surface area contributed by atoms with Gasteiger partial charge in [0, 0.05) is 11.8 Å². The highest BCUT2D eigenvalue weighted by Gasteiger charge is 2.13.